The molecule has 0 aliphatic heterocycles. The molecule has 0 aromatic carbocycles. The zero-order chi connectivity index (χ0) is 12.8. The Balaban J connectivity index is 2.58. The summed E-state index contributed by atoms with van der Waals surface area (Å²) in [6.07, 6.45) is 2.80. The van der Waals surface area contributed by atoms with Crippen molar-refractivity contribution in [3.63, 3.8) is 0 Å². The van der Waals surface area contributed by atoms with Gasteiger partial charge >= 0.3 is 0 Å². The molecule has 0 bridgehead atoms. The third-order valence-corrected chi connectivity index (χ3v) is 2.80. The summed E-state index contributed by atoms with van der Waals surface area (Å²) < 4.78 is 1.49. The zero-order valence-electron chi connectivity index (χ0n) is 11.1. The highest BCUT2D eigenvalue weighted by atomic mass is 16.1. The van der Waals surface area contributed by atoms with Gasteiger partial charge in [-0.1, -0.05) is 6.92 Å². The van der Waals surface area contributed by atoms with E-state index in [-0.39, 0.29) is 5.56 Å². The summed E-state index contributed by atoms with van der Waals surface area (Å²) in [5, 5.41) is 7.48. The minimum atomic E-state index is -0.0536. The van der Waals surface area contributed by atoms with Crippen LogP contribution in [0.5, 0.6) is 0 Å². The molecule has 1 aromatic rings. The highest BCUT2D eigenvalue weighted by molar-refractivity contribution is 5.40. The van der Waals surface area contributed by atoms with Crippen LogP contribution in [0.3, 0.4) is 0 Å². The average Bonchev–Trinajstić information content (AvgIpc) is 2.30. The second-order valence-corrected chi connectivity index (χ2v) is 4.43. The molecule has 5 nitrogen and oxygen atoms in total. The Hall–Kier alpha value is -1.36. The molecule has 96 valence electrons. The van der Waals surface area contributed by atoms with Gasteiger partial charge in [0.15, 0.2) is 0 Å². The third kappa shape index (κ3) is 4.19. The first-order chi connectivity index (χ1) is 8.04. The lowest BCUT2D eigenvalue weighted by Gasteiger charge is -2.14. The van der Waals surface area contributed by atoms with Crippen LogP contribution in [0.1, 0.15) is 20.3 Å². The van der Waals surface area contributed by atoms with Gasteiger partial charge in [-0.2, -0.15) is 5.10 Å². The summed E-state index contributed by atoms with van der Waals surface area (Å²) in [4.78, 5) is 13.6. The van der Waals surface area contributed by atoms with Crippen molar-refractivity contribution < 1.29 is 0 Å². The number of nitrogens with one attached hydrogen (secondary N) is 1. The Kier molecular flexibility index (Phi) is 5.15. The number of hydrogen-bond donors (Lipinski definition) is 1. The van der Waals surface area contributed by atoms with E-state index in [1.54, 1.807) is 12.3 Å². The van der Waals surface area contributed by atoms with Crippen molar-refractivity contribution in [3.05, 3.63) is 22.6 Å². The number of aromatic nitrogens is 2. The predicted molar refractivity (Wildman–Crippen MR) is 70.6 cm³/mol. The molecule has 0 saturated carbocycles. The highest BCUT2D eigenvalue weighted by Gasteiger charge is 2.02. The lowest BCUT2D eigenvalue weighted by atomic mass is 10.3. The van der Waals surface area contributed by atoms with Gasteiger partial charge in [-0.25, -0.2) is 4.68 Å². The van der Waals surface area contributed by atoms with E-state index in [9.17, 15) is 4.79 Å². The summed E-state index contributed by atoms with van der Waals surface area (Å²) in [6, 6.07) is 2.09. The molecule has 1 heterocycles. The Morgan fingerprint density at radius 2 is 2.24 bits per heavy atom. The van der Waals surface area contributed by atoms with Crippen molar-refractivity contribution in [2.45, 2.75) is 32.9 Å². The van der Waals surface area contributed by atoms with E-state index in [2.05, 4.69) is 24.3 Å². The zero-order valence-corrected chi connectivity index (χ0v) is 11.1. The maximum absolute atomic E-state index is 11.7. The highest BCUT2D eigenvalue weighted by Crippen LogP contribution is 2.02. The maximum atomic E-state index is 11.7. The van der Waals surface area contributed by atoms with E-state index >= 15 is 0 Å². The van der Waals surface area contributed by atoms with Crippen molar-refractivity contribution >= 4 is 5.69 Å². The summed E-state index contributed by atoms with van der Waals surface area (Å²) in [6.45, 7) is 5.64. The standard InChI is InChI=1S/C12H22N4O/c1-5-10(2)13-6-7-16-12(17)8-11(9-14-16)15(3)4/h8-10,13H,5-7H2,1-4H3. The van der Waals surface area contributed by atoms with Crippen LogP contribution in [-0.2, 0) is 6.54 Å². The molecule has 1 unspecified atom stereocenters. The van der Waals surface area contributed by atoms with Crippen molar-refractivity contribution in [1.82, 2.24) is 15.1 Å². The molecule has 0 aliphatic rings. The maximum Gasteiger partial charge on any atom is 0.268 e. The van der Waals surface area contributed by atoms with Crippen LogP contribution in [-0.4, -0.2) is 36.5 Å². The van der Waals surface area contributed by atoms with Gasteiger partial charge in [-0.15, -0.1) is 0 Å². The first-order valence-corrected chi connectivity index (χ1v) is 6.02. The first-order valence-electron chi connectivity index (χ1n) is 6.02. The smallest absolute Gasteiger partial charge is 0.268 e. The molecular weight excluding hydrogens is 216 g/mol. The van der Waals surface area contributed by atoms with E-state index < -0.39 is 0 Å². The molecule has 1 aromatic heterocycles. The van der Waals surface area contributed by atoms with Crippen LogP contribution in [0.25, 0.3) is 0 Å². The average molecular weight is 238 g/mol. The van der Waals surface area contributed by atoms with Crippen LogP contribution in [0.2, 0.25) is 0 Å². The Bertz CT molecular complexity index is 400. The molecule has 0 aliphatic carbocycles. The largest absolute Gasteiger partial charge is 0.376 e. The van der Waals surface area contributed by atoms with Gasteiger partial charge in [0.25, 0.3) is 5.56 Å². The van der Waals surface area contributed by atoms with Crippen molar-refractivity contribution in [2.75, 3.05) is 25.5 Å². The number of rotatable bonds is 6. The van der Waals surface area contributed by atoms with Gasteiger partial charge in [-0.3, -0.25) is 4.79 Å². The van der Waals surface area contributed by atoms with Gasteiger partial charge in [0, 0.05) is 32.7 Å². The second kappa shape index (κ2) is 6.39. The van der Waals surface area contributed by atoms with E-state index in [1.165, 1.54) is 4.68 Å². The monoisotopic (exact) mass is 238 g/mol. The Labute approximate surface area is 102 Å². The topological polar surface area (TPSA) is 50.2 Å². The van der Waals surface area contributed by atoms with Crippen LogP contribution < -0.4 is 15.8 Å². The Morgan fingerprint density at radius 1 is 1.53 bits per heavy atom. The van der Waals surface area contributed by atoms with Gasteiger partial charge in [0.05, 0.1) is 18.4 Å². The van der Waals surface area contributed by atoms with Crippen LogP contribution in [0, 0.1) is 0 Å². The lowest BCUT2D eigenvalue weighted by Crippen LogP contribution is -2.33. The normalized spacial score (nSPS) is 12.5. The van der Waals surface area contributed by atoms with Gasteiger partial charge in [-0.05, 0) is 13.3 Å². The van der Waals surface area contributed by atoms with Crippen molar-refractivity contribution in [3.8, 4) is 0 Å². The molecular formula is C12H22N4O. The molecule has 1 rings (SSSR count). The summed E-state index contributed by atoms with van der Waals surface area (Å²) in [5.74, 6) is 0. The molecule has 5 heteroatoms. The fraction of sp³-hybridized carbons (Fsp3) is 0.667. The molecule has 0 spiro atoms. The fourth-order valence-corrected chi connectivity index (χ4v) is 1.40. The minimum Gasteiger partial charge on any atom is -0.376 e. The predicted octanol–water partition coefficient (Wildman–Crippen LogP) is 0.697. The number of nitrogens with zero attached hydrogens (tertiary/aromatic N) is 3. The molecule has 0 fully saturated rings. The SMILES string of the molecule is CCC(C)NCCn1ncc(N(C)C)cc1=O. The summed E-state index contributed by atoms with van der Waals surface area (Å²) in [5.41, 5.74) is 0.781. The molecule has 0 saturated heterocycles. The Morgan fingerprint density at radius 3 is 2.76 bits per heavy atom. The van der Waals surface area contributed by atoms with Crippen LogP contribution in [0.4, 0.5) is 5.69 Å². The molecule has 17 heavy (non-hydrogen) atoms. The van der Waals surface area contributed by atoms with E-state index in [0.29, 0.717) is 12.6 Å². The van der Waals surface area contributed by atoms with Gasteiger partial charge in [0.2, 0.25) is 0 Å². The quantitative estimate of drug-likeness (QED) is 0.792. The third-order valence-electron chi connectivity index (χ3n) is 2.80. The first kappa shape index (κ1) is 13.7. The van der Waals surface area contributed by atoms with Gasteiger partial charge < -0.3 is 10.2 Å². The fourth-order valence-electron chi connectivity index (χ4n) is 1.40. The molecule has 1 N–H and O–H groups in total. The summed E-state index contributed by atoms with van der Waals surface area (Å²) >= 11 is 0. The minimum absolute atomic E-state index is 0.0536. The van der Waals surface area contributed by atoms with E-state index in [0.717, 1.165) is 18.7 Å². The second-order valence-electron chi connectivity index (χ2n) is 4.43. The number of hydrogen-bond acceptors (Lipinski definition) is 4. The van der Waals surface area contributed by atoms with E-state index in [4.69, 9.17) is 0 Å². The molecule has 0 amide bonds. The molecule has 0 radical (unpaired) electrons. The lowest BCUT2D eigenvalue weighted by molar-refractivity contribution is 0.476. The molecule has 1 atom stereocenters. The van der Waals surface area contributed by atoms with Crippen molar-refractivity contribution in [1.29, 1.82) is 0 Å². The van der Waals surface area contributed by atoms with Crippen LogP contribution >= 0.6 is 0 Å². The van der Waals surface area contributed by atoms with Crippen LogP contribution in [0.15, 0.2) is 17.1 Å². The van der Waals surface area contributed by atoms with E-state index in [1.807, 2.05) is 19.0 Å². The summed E-state index contributed by atoms with van der Waals surface area (Å²) in [7, 11) is 3.79. The van der Waals surface area contributed by atoms with Crippen molar-refractivity contribution in [2.24, 2.45) is 0 Å². The number of anilines is 1. The van der Waals surface area contributed by atoms with Gasteiger partial charge in [0.1, 0.15) is 0 Å².